The molecule has 0 aliphatic heterocycles. The van der Waals surface area contributed by atoms with Gasteiger partial charge in [-0.1, -0.05) is 38.5 Å². The van der Waals surface area contributed by atoms with Crippen LogP contribution in [0.1, 0.15) is 45.6 Å². The normalized spacial score (nSPS) is 15.5. The van der Waals surface area contributed by atoms with Crippen molar-refractivity contribution >= 4 is 40.6 Å². The van der Waals surface area contributed by atoms with Gasteiger partial charge in [-0.15, -0.1) is 0 Å². The third-order valence-corrected chi connectivity index (χ3v) is 6.87. The number of carbonyl (C=O) groups excluding carboxylic acids is 3. The van der Waals surface area contributed by atoms with Crippen molar-refractivity contribution < 1.29 is 29.4 Å². The molecule has 41 heavy (non-hydrogen) atoms. The number of hydrogen-bond acceptors (Lipinski definition) is 7. The molecule has 0 bridgehead atoms. The zero-order valence-corrected chi connectivity index (χ0v) is 23.6. The number of carbonyl (C=O) groups is 4. The average molecular weight is 575 g/mol. The van der Waals surface area contributed by atoms with Gasteiger partial charge in [0.1, 0.15) is 12.1 Å². The number of amides is 3. The van der Waals surface area contributed by atoms with Crippen LogP contribution >= 0.6 is 0 Å². The molecule has 1 aromatic carbocycles. The molecule has 0 saturated carbocycles. The molecular formula is C27H42N8O6. The number of rotatable bonds is 16. The Balaban J connectivity index is 2.17. The van der Waals surface area contributed by atoms with Gasteiger partial charge in [0.05, 0.1) is 12.1 Å². The van der Waals surface area contributed by atoms with E-state index in [1.807, 2.05) is 31.2 Å². The summed E-state index contributed by atoms with van der Waals surface area (Å²) in [4.78, 5) is 58.0. The van der Waals surface area contributed by atoms with Crippen LogP contribution in [-0.4, -0.2) is 81.7 Å². The predicted molar refractivity (Wildman–Crippen MR) is 154 cm³/mol. The van der Waals surface area contributed by atoms with Gasteiger partial charge < -0.3 is 48.3 Å². The van der Waals surface area contributed by atoms with Crippen LogP contribution < -0.4 is 33.2 Å². The van der Waals surface area contributed by atoms with Crippen molar-refractivity contribution in [1.29, 1.82) is 0 Å². The molecule has 2 aromatic rings. The van der Waals surface area contributed by atoms with Crippen LogP contribution in [0.4, 0.5) is 0 Å². The molecule has 14 nitrogen and oxygen atoms in total. The molecule has 2 rings (SSSR count). The summed E-state index contributed by atoms with van der Waals surface area (Å²) in [6.07, 6.45) is 1.50. The van der Waals surface area contributed by atoms with Crippen LogP contribution in [0, 0.1) is 5.92 Å². The second kappa shape index (κ2) is 15.6. The number of fused-ring (bicyclic) bond motifs is 1. The zero-order valence-electron chi connectivity index (χ0n) is 23.6. The molecule has 12 N–H and O–H groups in total. The summed E-state index contributed by atoms with van der Waals surface area (Å²) >= 11 is 0. The number of aliphatic hydroxyl groups excluding tert-OH is 1. The Morgan fingerprint density at radius 1 is 1.00 bits per heavy atom. The van der Waals surface area contributed by atoms with Crippen molar-refractivity contribution in [2.45, 2.75) is 76.7 Å². The Bertz CT molecular complexity index is 1230. The highest BCUT2D eigenvalue weighted by atomic mass is 16.4. The molecule has 0 aliphatic carbocycles. The van der Waals surface area contributed by atoms with Crippen LogP contribution in [-0.2, 0) is 25.6 Å². The number of para-hydroxylation sites is 1. The maximum atomic E-state index is 13.4. The maximum Gasteiger partial charge on any atom is 0.328 e. The van der Waals surface area contributed by atoms with Gasteiger partial charge in [-0.2, -0.15) is 0 Å². The fourth-order valence-electron chi connectivity index (χ4n) is 4.27. The molecule has 1 aromatic heterocycles. The van der Waals surface area contributed by atoms with Crippen LogP contribution in [0.25, 0.3) is 10.9 Å². The van der Waals surface area contributed by atoms with Gasteiger partial charge in [-0.05, 0) is 43.7 Å². The van der Waals surface area contributed by atoms with Crippen LogP contribution in [0.5, 0.6) is 0 Å². The number of nitrogens with two attached hydrogens (primary N) is 3. The number of hydrogen-bond donors (Lipinski definition) is 9. The molecule has 0 aliphatic rings. The second-order valence-corrected chi connectivity index (χ2v) is 10.1. The quantitative estimate of drug-likeness (QED) is 0.0680. The summed E-state index contributed by atoms with van der Waals surface area (Å²) < 4.78 is 0. The maximum absolute atomic E-state index is 13.4. The first-order valence-corrected chi connectivity index (χ1v) is 13.5. The fraction of sp³-hybridized carbons (Fsp3) is 0.519. The van der Waals surface area contributed by atoms with Crippen LogP contribution in [0.15, 0.2) is 35.5 Å². The van der Waals surface area contributed by atoms with Crippen molar-refractivity contribution in [3.05, 3.63) is 36.0 Å². The van der Waals surface area contributed by atoms with Crippen LogP contribution in [0.2, 0.25) is 0 Å². The number of aliphatic hydroxyl groups is 1. The monoisotopic (exact) mass is 574 g/mol. The van der Waals surface area contributed by atoms with E-state index in [1.54, 1.807) is 13.1 Å². The third kappa shape index (κ3) is 9.76. The van der Waals surface area contributed by atoms with E-state index in [4.69, 9.17) is 17.2 Å². The van der Waals surface area contributed by atoms with E-state index in [9.17, 15) is 29.4 Å². The number of aliphatic imine (C=N–C) groups is 1. The number of carboxylic acid groups (broad SMARTS) is 1. The van der Waals surface area contributed by atoms with E-state index in [1.165, 1.54) is 6.92 Å². The van der Waals surface area contributed by atoms with Gasteiger partial charge in [0.15, 0.2) is 12.0 Å². The second-order valence-electron chi connectivity index (χ2n) is 10.1. The Morgan fingerprint density at radius 2 is 1.66 bits per heavy atom. The summed E-state index contributed by atoms with van der Waals surface area (Å²) in [5.74, 6) is -3.90. The van der Waals surface area contributed by atoms with E-state index >= 15 is 0 Å². The lowest BCUT2D eigenvalue weighted by molar-refractivity contribution is -0.145. The molecule has 226 valence electrons. The van der Waals surface area contributed by atoms with E-state index in [-0.39, 0.29) is 37.7 Å². The SMILES string of the molecule is CCC(C)C(NC(=O)C(N)Cc1c[nH]c2ccccc12)C(=O)NC(CCCN=C(N)N)C(=O)NC(C(=O)O)C(C)O. The Kier molecular flexibility index (Phi) is 12.5. The Labute approximate surface area is 238 Å². The first-order valence-electron chi connectivity index (χ1n) is 13.5. The number of nitrogens with one attached hydrogen (secondary N) is 4. The lowest BCUT2D eigenvalue weighted by Crippen LogP contribution is -2.59. The standard InChI is InChI=1S/C27H42N8O6/c1-4-14(2)21(34-23(37)18(28)12-16-13-32-19-9-6-5-8-17(16)19)25(39)33-20(10-7-11-31-27(29)30)24(38)35-22(15(3)36)26(40)41/h5-6,8-9,13-15,18,20-22,32,36H,4,7,10-12,28H2,1-3H3,(H,33,39)(H,34,37)(H,35,38)(H,40,41)(H4,29,30,31). The molecule has 6 atom stereocenters. The van der Waals surface area contributed by atoms with Gasteiger partial charge in [0.2, 0.25) is 17.7 Å². The number of aliphatic carboxylic acids is 1. The molecule has 14 heteroatoms. The largest absolute Gasteiger partial charge is 0.480 e. The van der Waals surface area contributed by atoms with Gasteiger partial charge in [0, 0.05) is 23.6 Å². The molecule has 6 unspecified atom stereocenters. The minimum atomic E-state index is -1.59. The summed E-state index contributed by atoms with van der Waals surface area (Å²) in [5.41, 5.74) is 18.7. The minimum Gasteiger partial charge on any atom is -0.480 e. The number of benzene rings is 1. The predicted octanol–water partition coefficient (Wildman–Crippen LogP) is -0.943. The molecular weight excluding hydrogens is 532 g/mol. The van der Waals surface area contributed by atoms with Crippen molar-refractivity contribution in [3.8, 4) is 0 Å². The Morgan fingerprint density at radius 3 is 2.27 bits per heavy atom. The minimum absolute atomic E-state index is 0.0573. The van der Waals surface area contributed by atoms with Crippen molar-refractivity contribution in [3.63, 3.8) is 0 Å². The third-order valence-electron chi connectivity index (χ3n) is 6.87. The van der Waals surface area contributed by atoms with E-state index in [2.05, 4.69) is 25.9 Å². The number of nitrogens with zero attached hydrogens (tertiary/aromatic N) is 1. The lowest BCUT2D eigenvalue weighted by Gasteiger charge is -2.28. The summed E-state index contributed by atoms with van der Waals surface area (Å²) in [7, 11) is 0. The first-order chi connectivity index (χ1) is 19.3. The van der Waals surface area contributed by atoms with Gasteiger partial charge >= 0.3 is 5.97 Å². The number of carboxylic acids is 1. The van der Waals surface area contributed by atoms with Gasteiger partial charge in [-0.25, -0.2) is 4.79 Å². The lowest BCUT2D eigenvalue weighted by atomic mass is 9.96. The molecule has 3 amide bonds. The smallest absolute Gasteiger partial charge is 0.328 e. The average Bonchev–Trinajstić information content (AvgIpc) is 3.33. The van der Waals surface area contributed by atoms with E-state index in [0.29, 0.717) is 6.42 Å². The van der Waals surface area contributed by atoms with Crippen LogP contribution in [0.3, 0.4) is 0 Å². The summed E-state index contributed by atoms with van der Waals surface area (Å²) in [5, 5.41) is 27.7. The fourth-order valence-corrected chi connectivity index (χ4v) is 4.27. The van der Waals surface area contributed by atoms with E-state index < -0.39 is 54.0 Å². The summed E-state index contributed by atoms with van der Waals surface area (Å²) in [6.45, 7) is 5.01. The number of guanidine groups is 1. The van der Waals surface area contributed by atoms with Crippen molar-refractivity contribution in [2.75, 3.05) is 6.54 Å². The molecule has 0 fully saturated rings. The van der Waals surface area contributed by atoms with Crippen molar-refractivity contribution in [1.82, 2.24) is 20.9 Å². The first kappa shape index (κ1) is 33.0. The zero-order chi connectivity index (χ0) is 30.7. The molecule has 0 saturated heterocycles. The number of H-pyrrole nitrogens is 1. The highest BCUT2D eigenvalue weighted by Gasteiger charge is 2.33. The Hall–Kier alpha value is -4.17. The molecule has 0 radical (unpaired) electrons. The topological polar surface area (TPSA) is 251 Å². The molecule has 1 heterocycles. The summed E-state index contributed by atoms with van der Waals surface area (Å²) in [6, 6.07) is 2.86. The number of aromatic amines is 1. The molecule has 0 spiro atoms. The van der Waals surface area contributed by atoms with Gasteiger partial charge in [0.25, 0.3) is 0 Å². The number of aromatic nitrogens is 1. The highest BCUT2D eigenvalue weighted by Crippen LogP contribution is 2.19. The van der Waals surface area contributed by atoms with E-state index in [0.717, 1.165) is 16.5 Å². The van der Waals surface area contributed by atoms with Gasteiger partial charge in [-0.3, -0.25) is 19.4 Å². The highest BCUT2D eigenvalue weighted by molar-refractivity contribution is 5.94. The van der Waals surface area contributed by atoms with Crippen molar-refractivity contribution in [2.24, 2.45) is 28.1 Å².